The molecule has 2 N–H and O–H groups in total. The fourth-order valence-electron chi connectivity index (χ4n) is 0.912. The topological polar surface area (TPSA) is 101 Å². The Kier molecular flexibility index (Phi) is 3.16. The van der Waals surface area contributed by atoms with E-state index in [1.807, 2.05) is 6.92 Å². The normalized spacial score (nSPS) is 9.79. The summed E-state index contributed by atoms with van der Waals surface area (Å²) in [5.74, 6) is -0.504. The summed E-state index contributed by atoms with van der Waals surface area (Å²) in [4.78, 5) is 21.1. The van der Waals surface area contributed by atoms with Crippen molar-refractivity contribution in [3.8, 4) is 0 Å². The second-order valence-corrected chi connectivity index (χ2v) is 2.64. The van der Waals surface area contributed by atoms with E-state index in [2.05, 4.69) is 15.5 Å². The zero-order valence-electron chi connectivity index (χ0n) is 7.61. The Hall–Kier alpha value is -1.92. The molecule has 1 aromatic rings. The molecular weight excluding hydrogens is 188 g/mol. The number of aromatic nitrogens is 2. The fourth-order valence-corrected chi connectivity index (χ4v) is 0.912. The molecule has 0 fully saturated rings. The molecular formula is C7H10N4O3. The molecule has 1 rings (SSSR count). The summed E-state index contributed by atoms with van der Waals surface area (Å²) in [5, 5.41) is 18.7. The van der Waals surface area contributed by atoms with Crippen molar-refractivity contribution in [3.05, 3.63) is 22.0 Å². The minimum absolute atomic E-state index is 0.108. The van der Waals surface area contributed by atoms with Crippen LogP contribution in [0.1, 0.15) is 23.8 Å². The van der Waals surface area contributed by atoms with E-state index in [0.29, 0.717) is 6.54 Å². The third-order valence-electron chi connectivity index (χ3n) is 1.58. The number of aromatic amines is 1. The molecule has 0 aliphatic carbocycles. The van der Waals surface area contributed by atoms with Gasteiger partial charge in [0, 0.05) is 6.54 Å². The molecule has 14 heavy (non-hydrogen) atoms. The van der Waals surface area contributed by atoms with Crippen molar-refractivity contribution >= 4 is 11.6 Å². The summed E-state index contributed by atoms with van der Waals surface area (Å²) in [6.07, 6.45) is 1.79. The Balaban J connectivity index is 2.79. The smallest absolute Gasteiger partial charge is 0.319 e. The van der Waals surface area contributed by atoms with Crippen molar-refractivity contribution in [2.24, 2.45) is 0 Å². The van der Waals surface area contributed by atoms with Gasteiger partial charge in [0.15, 0.2) is 0 Å². The average molecular weight is 198 g/mol. The van der Waals surface area contributed by atoms with Gasteiger partial charge in [-0.25, -0.2) is 0 Å². The molecule has 0 aliphatic heterocycles. The molecule has 1 aromatic heterocycles. The maximum absolute atomic E-state index is 11.3. The van der Waals surface area contributed by atoms with Crippen LogP contribution in [0.4, 0.5) is 5.69 Å². The van der Waals surface area contributed by atoms with Crippen LogP contribution in [-0.2, 0) is 0 Å². The second-order valence-electron chi connectivity index (χ2n) is 2.64. The van der Waals surface area contributed by atoms with Crippen molar-refractivity contribution in [1.29, 1.82) is 0 Å². The van der Waals surface area contributed by atoms with Gasteiger partial charge in [-0.3, -0.25) is 20.0 Å². The lowest BCUT2D eigenvalue weighted by atomic mass is 10.3. The van der Waals surface area contributed by atoms with E-state index >= 15 is 0 Å². The van der Waals surface area contributed by atoms with Gasteiger partial charge in [-0.2, -0.15) is 5.10 Å². The molecule has 7 nitrogen and oxygen atoms in total. The molecule has 0 aromatic carbocycles. The lowest BCUT2D eigenvalue weighted by Crippen LogP contribution is -2.25. The molecule has 1 heterocycles. The molecule has 1 amide bonds. The standard InChI is InChI=1S/C7H10N4O3/c1-2-3-8-7(12)6-5(11(13)14)4-9-10-6/h4H,2-3H2,1H3,(H,8,12)(H,9,10). The molecule has 0 radical (unpaired) electrons. The Bertz CT molecular complexity index is 346. The predicted molar refractivity (Wildman–Crippen MR) is 47.9 cm³/mol. The number of nitrogens with one attached hydrogen (secondary N) is 2. The zero-order chi connectivity index (χ0) is 10.6. The number of carbonyl (C=O) groups excluding carboxylic acids is 1. The molecule has 76 valence electrons. The lowest BCUT2D eigenvalue weighted by molar-refractivity contribution is -0.385. The van der Waals surface area contributed by atoms with Crippen LogP contribution < -0.4 is 5.32 Å². The predicted octanol–water partition coefficient (Wildman–Crippen LogP) is 0.458. The number of hydrogen-bond acceptors (Lipinski definition) is 4. The van der Waals surface area contributed by atoms with Gasteiger partial charge in [-0.05, 0) is 6.42 Å². The SMILES string of the molecule is CCCNC(=O)c1[nH]ncc1[N+](=O)[O-]. The van der Waals surface area contributed by atoms with E-state index in [-0.39, 0.29) is 11.4 Å². The van der Waals surface area contributed by atoms with Crippen LogP contribution in [-0.4, -0.2) is 27.6 Å². The Morgan fingerprint density at radius 2 is 2.50 bits per heavy atom. The third-order valence-corrected chi connectivity index (χ3v) is 1.58. The highest BCUT2D eigenvalue weighted by Crippen LogP contribution is 2.13. The van der Waals surface area contributed by atoms with E-state index in [4.69, 9.17) is 0 Å². The zero-order valence-corrected chi connectivity index (χ0v) is 7.61. The monoisotopic (exact) mass is 198 g/mol. The molecule has 0 unspecified atom stereocenters. The quantitative estimate of drug-likeness (QED) is 0.542. The number of H-pyrrole nitrogens is 1. The highest BCUT2D eigenvalue weighted by Gasteiger charge is 2.21. The highest BCUT2D eigenvalue weighted by atomic mass is 16.6. The summed E-state index contributed by atoms with van der Waals surface area (Å²) in [6.45, 7) is 2.37. The summed E-state index contributed by atoms with van der Waals surface area (Å²) in [5.41, 5.74) is -0.415. The minimum atomic E-state index is -0.648. The number of nitro groups is 1. The maximum atomic E-state index is 11.3. The molecule has 0 spiro atoms. The first kappa shape index (κ1) is 10.2. The van der Waals surface area contributed by atoms with Crippen molar-refractivity contribution in [3.63, 3.8) is 0 Å². The van der Waals surface area contributed by atoms with Gasteiger partial charge >= 0.3 is 5.69 Å². The van der Waals surface area contributed by atoms with Crippen LogP contribution in [0.2, 0.25) is 0 Å². The Labute approximate surface area is 79.7 Å². The van der Waals surface area contributed by atoms with Crippen LogP contribution >= 0.6 is 0 Å². The number of hydrogen-bond donors (Lipinski definition) is 2. The minimum Gasteiger partial charge on any atom is -0.351 e. The van der Waals surface area contributed by atoms with Gasteiger partial charge in [0.25, 0.3) is 5.91 Å². The molecule has 0 saturated heterocycles. The second kappa shape index (κ2) is 4.35. The van der Waals surface area contributed by atoms with E-state index in [9.17, 15) is 14.9 Å². The average Bonchev–Trinajstić information content (AvgIpc) is 2.62. The molecule has 0 bridgehead atoms. The third kappa shape index (κ3) is 2.06. The van der Waals surface area contributed by atoms with Gasteiger partial charge in [0.1, 0.15) is 6.20 Å². The van der Waals surface area contributed by atoms with Gasteiger partial charge in [0.05, 0.1) is 4.92 Å². The van der Waals surface area contributed by atoms with Crippen molar-refractivity contribution in [2.75, 3.05) is 6.54 Å². The van der Waals surface area contributed by atoms with Crippen LogP contribution in [0, 0.1) is 10.1 Å². The van der Waals surface area contributed by atoms with Gasteiger partial charge in [-0.1, -0.05) is 6.92 Å². The van der Waals surface area contributed by atoms with Crippen molar-refractivity contribution < 1.29 is 9.72 Å². The van der Waals surface area contributed by atoms with E-state index in [0.717, 1.165) is 12.6 Å². The first-order valence-electron chi connectivity index (χ1n) is 4.12. The van der Waals surface area contributed by atoms with Gasteiger partial charge in [0.2, 0.25) is 5.69 Å². The molecule has 7 heteroatoms. The summed E-state index contributed by atoms with van der Waals surface area (Å²) in [7, 11) is 0. The molecule has 0 aliphatic rings. The summed E-state index contributed by atoms with van der Waals surface area (Å²) in [6, 6.07) is 0. The van der Waals surface area contributed by atoms with Gasteiger partial charge in [-0.15, -0.1) is 0 Å². The van der Waals surface area contributed by atoms with E-state index in [1.54, 1.807) is 0 Å². The molecule has 0 saturated carbocycles. The van der Waals surface area contributed by atoms with Crippen LogP contribution in [0.5, 0.6) is 0 Å². The largest absolute Gasteiger partial charge is 0.351 e. The summed E-state index contributed by atoms with van der Waals surface area (Å²) < 4.78 is 0. The van der Waals surface area contributed by atoms with E-state index in [1.165, 1.54) is 0 Å². The maximum Gasteiger partial charge on any atom is 0.319 e. The first-order chi connectivity index (χ1) is 6.66. The summed E-state index contributed by atoms with van der Waals surface area (Å²) >= 11 is 0. The van der Waals surface area contributed by atoms with Crippen LogP contribution in [0.25, 0.3) is 0 Å². The fraction of sp³-hybridized carbons (Fsp3) is 0.429. The van der Waals surface area contributed by atoms with Crippen molar-refractivity contribution in [2.45, 2.75) is 13.3 Å². The molecule has 0 atom stereocenters. The number of nitrogens with zero attached hydrogens (tertiary/aromatic N) is 2. The highest BCUT2D eigenvalue weighted by molar-refractivity contribution is 5.95. The Morgan fingerprint density at radius 3 is 3.07 bits per heavy atom. The number of rotatable bonds is 4. The number of amides is 1. The van der Waals surface area contributed by atoms with Crippen LogP contribution in [0.3, 0.4) is 0 Å². The van der Waals surface area contributed by atoms with Crippen molar-refractivity contribution in [1.82, 2.24) is 15.5 Å². The number of carbonyl (C=O) groups is 1. The van der Waals surface area contributed by atoms with Gasteiger partial charge < -0.3 is 5.32 Å². The Morgan fingerprint density at radius 1 is 1.79 bits per heavy atom. The van der Waals surface area contributed by atoms with Crippen LogP contribution in [0.15, 0.2) is 6.20 Å². The lowest BCUT2D eigenvalue weighted by Gasteiger charge is -1.99. The first-order valence-corrected chi connectivity index (χ1v) is 4.12. The van der Waals surface area contributed by atoms with E-state index < -0.39 is 10.8 Å².